The van der Waals surface area contributed by atoms with Gasteiger partial charge in [0, 0.05) is 12.2 Å². The van der Waals surface area contributed by atoms with Crippen molar-refractivity contribution in [3.8, 4) is 5.75 Å². The summed E-state index contributed by atoms with van der Waals surface area (Å²) in [6.45, 7) is 3.99. The first-order valence-corrected chi connectivity index (χ1v) is 9.82. The molecule has 27 heavy (non-hydrogen) atoms. The van der Waals surface area contributed by atoms with Crippen molar-refractivity contribution in [1.82, 2.24) is 4.57 Å². The van der Waals surface area contributed by atoms with Crippen LogP contribution >= 0.6 is 0 Å². The normalized spacial score (nSPS) is 11.6. The average molecular weight is 388 g/mol. The zero-order valence-electron chi connectivity index (χ0n) is 15.4. The van der Waals surface area contributed by atoms with Gasteiger partial charge in [0.15, 0.2) is 0 Å². The van der Waals surface area contributed by atoms with Crippen LogP contribution in [-0.2, 0) is 16.4 Å². The molecule has 0 spiro atoms. The predicted molar refractivity (Wildman–Crippen MR) is 102 cm³/mol. The number of ether oxygens (including phenoxy) is 1. The van der Waals surface area contributed by atoms with Crippen LogP contribution in [-0.4, -0.2) is 20.1 Å². The van der Waals surface area contributed by atoms with Crippen molar-refractivity contribution in [1.29, 1.82) is 0 Å². The van der Waals surface area contributed by atoms with E-state index in [9.17, 15) is 12.8 Å². The number of nitrogens with two attached hydrogens (primary N) is 1. The maximum absolute atomic E-state index is 13.2. The summed E-state index contributed by atoms with van der Waals surface area (Å²) in [6, 6.07) is 12.2. The fourth-order valence-electron chi connectivity index (χ4n) is 3.05. The molecule has 0 saturated heterocycles. The highest BCUT2D eigenvalue weighted by Crippen LogP contribution is 2.34. The van der Waals surface area contributed by atoms with Crippen LogP contribution in [0, 0.1) is 19.7 Å². The average Bonchev–Trinajstić information content (AvgIpc) is 2.86. The maximum atomic E-state index is 13.2. The summed E-state index contributed by atoms with van der Waals surface area (Å²) in [5.74, 6) is 0.420. The quantitative estimate of drug-likeness (QED) is 0.676. The Labute approximate surface area is 158 Å². The van der Waals surface area contributed by atoms with E-state index in [1.54, 1.807) is 18.6 Å². The zero-order chi connectivity index (χ0) is 19.8. The summed E-state index contributed by atoms with van der Waals surface area (Å²) in [6.07, 6.45) is 0. The van der Waals surface area contributed by atoms with Gasteiger partial charge in [0.05, 0.1) is 12.0 Å². The number of hydrogen-bond acceptors (Lipinski definition) is 4. The molecule has 1 aromatic heterocycles. The van der Waals surface area contributed by atoms with Crippen molar-refractivity contribution < 1.29 is 17.5 Å². The summed E-state index contributed by atoms with van der Waals surface area (Å²) in [5.41, 5.74) is 8.57. The molecule has 142 valence electrons. The standard InChI is InChI=1S/C20H21FN2O3S/c1-13-14(2)23(12-15-4-8-17(26-3)9-5-15)20(22)19(13)27(24,25)18-10-6-16(21)7-11-18/h4-11H,12,22H2,1-3H3. The molecule has 0 aliphatic rings. The molecule has 2 aromatic carbocycles. The van der Waals surface area contributed by atoms with Gasteiger partial charge in [-0.1, -0.05) is 12.1 Å². The topological polar surface area (TPSA) is 74.3 Å². The first kappa shape index (κ1) is 19.0. The molecule has 0 atom stereocenters. The van der Waals surface area contributed by atoms with E-state index in [2.05, 4.69) is 0 Å². The Bertz CT molecular complexity index is 1070. The van der Waals surface area contributed by atoms with Gasteiger partial charge in [0.25, 0.3) is 0 Å². The Morgan fingerprint density at radius 1 is 1.04 bits per heavy atom. The minimum Gasteiger partial charge on any atom is -0.497 e. The van der Waals surface area contributed by atoms with E-state index in [1.807, 2.05) is 31.2 Å². The number of anilines is 1. The van der Waals surface area contributed by atoms with Crippen molar-refractivity contribution in [3.63, 3.8) is 0 Å². The number of nitrogens with zero attached hydrogens (tertiary/aromatic N) is 1. The second-order valence-corrected chi connectivity index (χ2v) is 8.20. The summed E-state index contributed by atoms with van der Waals surface area (Å²) in [5, 5.41) is 0. The van der Waals surface area contributed by atoms with Gasteiger partial charge in [-0.2, -0.15) is 0 Å². The lowest BCUT2D eigenvalue weighted by Crippen LogP contribution is -2.09. The zero-order valence-corrected chi connectivity index (χ0v) is 16.2. The molecule has 0 fully saturated rings. The van der Waals surface area contributed by atoms with Crippen molar-refractivity contribution in [2.45, 2.75) is 30.2 Å². The molecule has 7 heteroatoms. The van der Waals surface area contributed by atoms with Crippen LogP contribution in [0.1, 0.15) is 16.8 Å². The van der Waals surface area contributed by atoms with Crippen LogP contribution in [0.4, 0.5) is 10.2 Å². The Morgan fingerprint density at radius 2 is 1.63 bits per heavy atom. The van der Waals surface area contributed by atoms with Gasteiger partial charge >= 0.3 is 0 Å². The Kier molecular flexibility index (Phi) is 4.97. The van der Waals surface area contributed by atoms with Gasteiger partial charge in [-0.05, 0) is 61.4 Å². The smallest absolute Gasteiger partial charge is 0.210 e. The number of methoxy groups -OCH3 is 1. The Morgan fingerprint density at radius 3 is 2.19 bits per heavy atom. The van der Waals surface area contributed by atoms with Gasteiger partial charge < -0.3 is 15.0 Å². The molecular weight excluding hydrogens is 367 g/mol. The summed E-state index contributed by atoms with van der Waals surface area (Å²) in [4.78, 5) is 0.0837. The van der Waals surface area contributed by atoms with Crippen LogP contribution in [0.15, 0.2) is 58.3 Å². The minimum absolute atomic E-state index is 0.0142. The van der Waals surface area contributed by atoms with Crippen LogP contribution in [0.2, 0.25) is 0 Å². The minimum atomic E-state index is -3.85. The lowest BCUT2D eigenvalue weighted by molar-refractivity contribution is 0.414. The van der Waals surface area contributed by atoms with E-state index < -0.39 is 15.7 Å². The van der Waals surface area contributed by atoms with E-state index in [-0.39, 0.29) is 15.6 Å². The van der Waals surface area contributed by atoms with Gasteiger partial charge in [0.1, 0.15) is 22.3 Å². The highest BCUT2D eigenvalue weighted by atomic mass is 32.2. The number of rotatable bonds is 5. The largest absolute Gasteiger partial charge is 0.497 e. The van der Waals surface area contributed by atoms with Gasteiger partial charge in [-0.25, -0.2) is 12.8 Å². The maximum Gasteiger partial charge on any atom is 0.210 e. The van der Waals surface area contributed by atoms with E-state index >= 15 is 0 Å². The number of hydrogen-bond donors (Lipinski definition) is 1. The molecule has 0 amide bonds. The highest BCUT2D eigenvalue weighted by molar-refractivity contribution is 7.91. The van der Waals surface area contributed by atoms with Crippen LogP contribution in [0.3, 0.4) is 0 Å². The molecule has 0 bridgehead atoms. The van der Waals surface area contributed by atoms with Crippen LogP contribution < -0.4 is 10.5 Å². The second-order valence-electron chi connectivity index (χ2n) is 6.32. The number of halogens is 1. The molecule has 1 heterocycles. The lowest BCUT2D eigenvalue weighted by Gasteiger charge is -2.10. The van der Waals surface area contributed by atoms with E-state index in [1.165, 1.54) is 12.1 Å². The number of benzene rings is 2. The lowest BCUT2D eigenvalue weighted by atomic mass is 10.2. The number of nitrogen functional groups attached to an aromatic ring is 1. The van der Waals surface area contributed by atoms with Crippen LogP contribution in [0.25, 0.3) is 0 Å². The van der Waals surface area contributed by atoms with E-state index in [0.717, 1.165) is 29.1 Å². The summed E-state index contributed by atoms with van der Waals surface area (Å²) >= 11 is 0. The molecule has 2 N–H and O–H groups in total. The first-order valence-electron chi connectivity index (χ1n) is 8.34. The molecule has 5 nitrogen and oxygen atoms in total. The third-order valence-electron chi connectivity index (χ3n) is 4.70. The Balaban J connectivity index is 2.05. The highest BCUT2D eigenvalue weighted by Gasteiger charge is 2.28. The molecule has 0 radical (unpaired) electrons. The van der Waals surface area contributed by atoms with Crippen molar-refractivity contribution in [2.24, 2.45) is 0 Å². The molecular formula is C20H21FN2O3S. The van der Waals surface area contributed by atoms with Gasteiger partial charge in [0.2, 0.25) is 9.84 Å². The predicted octanol–water partition coefficient (Wildman–Crippen LogP) is 3.72. The molecule has 0 aliphatic carbocycles. The first-order chi connectivity index (χ1) is 12.8. The van der Waals surface area contributed by atoms with Gasteiger partial charge in [-0.3, -0.25) is 0 Å². The van der Waals surface area contributed by atoms with E-state index in [4.69, 9.17) is 10.5 Å². The monoisotopic (exact) mass is 388 g/mol. The molecule has 3 aromatic rings. The third kappa shape index (κ3) is 3.42. The van der Waals surface area contributed by atoms with Crippen molar-refractivity contribution >= 4 is 15.7 Å². The fourth-order valence-corrected chi connectivity index (χ4v) is 4.72. The summed E-state index contributed by atoms with van der Waals surface area (Å²) in [7, 11) is -2.26. The second kappa shape index (κ2) is 7.08. The number of sulfone groups is 1. The molecule has 0 aliphatic heterocycles. The fraction of sp³-hybridized carbons (Fsp3) is 0.200. The summed E-state index contributed by atoms with van der Waals surface area (Å²) < 4.78 is 46.2. The van der Waals surface area contributed by atoms with Crippen molar-refractivity contribution in [2.75, 3.05) is 12.8 Å². The van der Waals surface area contributed by atoms with E-state index in [0.29, 0.717) is 12.1 Å². The number of aromatic nitrogens is 1. The van der Waals surface area contributed by atoms with Gasteiger partial charge in [-0.15, -0.1) is 0 Å². The van der Waals surface area contributed by atoms with Crippen LogP contribution in [0.5, 0.6) is 5.75 Å². The Hall–Kier alpha value is -2.80. The van der Waals surface area contributed by atoms with Crippen molar-refractivity contribution in [3.05, 3.63) is 71.2 Å². The third-order valence-corrected chi connectivity index (χ3v) is 6.65. The molecule has 3 rings (SSSR count). The molecule has 0 unspecified atom stereocenters. The SMILES string of the molecule is COc1ccc(Cn2c(C)c(C)c(S(=O)(=O)c3ccc(F)cc3)c2N)cc1. The molecule has 0 saturated carbocycles.